The molecule has 3 unspecified atom stereocenters. The van der Waals surface area contributed by atoms with Crippen LogP contribution in [0, 0.1) is 0 Å². The van der Waals surface area contributed by atoms with Crippen LogP contribution >= 0.6 is 7.82 Å². The molecule has 0 aromatic heterocycles. The molecule has 3 atom stereocenters. The number of carbonyl (C=O) groups excluding carboxylic acids is 1. The fourth-order valence-electron chi connectivity index (χ4n) is 4.32. The molecule has 0 saturated carbocycles. The Kier molecular flexibility index (Phi) is 19.5. The van der Waals surface area contributed by atoms with E-state index in [2.05, 4.69) is 6.92 Å². The molecule has 0 fully saturated rings. The number of carbonyl (C=O) groups is 1. The van der Waals surface area contributed by atoms with E-state index in [1.165, 1.54) is 77.0 Å². The number of phosphoric ester groups is 1. The Bertz CT molecular complexity index is 577. The monoisotopic (exact) mass is 524 g/mol. The Hall–Kier alpha value is -0.340. The molecule has 0 saturated heterocycles. The Balaban J connectivity index is 3.91. The largest absolute Gasteiger partial charge is 0.470 e. The van der Waals surface area contributed by atoms with Crippen molar-refractivity contribution >= 4 is 13.6 Å². The molecular formula is C26H55NO7P+. The van der Waals surface area contributed by atoms with E-state index in [1.54, 1.807) is 21.1 Å². The van der Waals surface area contributed by atoms with E-state index in [0.29, 0.717) is 6.42 Å². The van der Waals surface area contributed by atoms with Gasteiger partial charge in [-0.2, -0.15) is 0 Å². The number of likely N-dealkylation sites (N-methyl/N-ethyl adjacent to an activating group) is 1. The molecule has 0 spiro atoms. The van der Waals surface area contributed by atoms with Crippen molar-refractivity contribution in [3.8, 4) is 0 Å². The normalized spacial score (nSPS) is 15.2. The van der Waals surface area contributed by atoms with Crippen molar-refractivity contribution in [1.82, 2.24) is 0 Å². The average Bonchev–Trinajstić information content (AvgIpc) is 2.73. The summed E-state index contributed by atoms with van der Waals surface area (Å²) >= 11 is 0. The van der Waals surface area contributed by atoms with Crippen LogP contribution in [0.3, 0.4) is 0 Å². The van der Waals surface area contributed by atoms with Gasteiger partial charge >= 0.3 is 7.82 Å². The first-order valence-corrected chi connectivity index (χ1v) is 15.3. The molecule has 35 heavy (non-hydrogen) atoms. The molecule has 0 aromatic rings. The Labute approximate surface area is 214 Å². The third kappa shape index (κ3) is 22.6. The SMILES string of the molecule is CCCCCCCCCCCCCCCCCC(=O)CC(O)C(O)C(C[N+](C)(C)C)OP(=O)(O)O. The van der Waals surface area contributed by atoms with Gasteiger partial charge in [0, 0.05) is 12.8 Å². The van der Waals surface area contributed by atoms with Gasteiger partial charge in [-0.05, 0) is 6.42 Å². The standard InChI is InChI=1S/C26H54NO7P/c1-5-6-7-8-9-10-11-12-13-14-15-16-17-18-19-20-23(28)21-24(29)26(30)25(22-27(2,3)4)34-35(31,32)33/h24-26,29-30H,5-22H2,1-4H3,(H-,31,32,33)/p+1. The van der Waals surface area contributed by atoms with Crippen LogP contribution in [0.25, 0.3) is 0 Å². The van der Waals surface area contributed by atoms with Crippen LogP contribution in [0.5, 0.6) is 0 Å². The van der Waals surface area contributed by atoms with E-state index in [9.17, 15) is 19.6 Å². The van der Waals surface area contributed by atoms with E-state index in [0.717, 1.165) is 19.3 Å². The highest BCUT2D eigenvalue weighted by molar-refractivity contribution is 7.46. The maximum Gasteiger partial charge on any atom is 0.470 e. The number of aliphatic hydroxyl groups is 2. The predicted molar refractivity (Wildman–Crippen MR) is 141 cm³/mol. The molecule has 0 rings (SSSR count). The summed E-state index contributed by atoms with van der Waals surface area (Å²) < 4.78 is 16.2. The summed E-state index contributed by atoms with van der Waals surface area (Å²) in [5, 5.41) is 20.6. The topological polar surface area (TPSA) is 124 Å². The molecule has 0 aliphatic heterocycles. The number of ketones is 1. The molecule has 0 heterocycles. The molecule has 0 aromatic carbocycles. The number of unbranched alkanes of at least 4 members (excludes halogenated alkanes) is 14. The minimum atomic E-state index is -4.85. The average molecular weight is 525 g/mol. The summed E-state index contributed by atoms with van der Waals surface area (Å²) in [5.74, 6) is -0.161. The molecule has 0 bridgehead atoms. The van der Waals surface area contributed by atoms with Crippen LogP contribution < -0.4 is 0 Å². The lowest BCUT2D eigenvalue weighted by Crippen LogP contribution is -2.50. The van der Waals surface area contributed by atoms with Gasteiger partial charge in [-0.3, -0.25) is 9.32 Å². The Morgan fingerprint density at radius 1 is 0.771 bits per heavy atom. The van der Waals surface area contributed by atoms with E-state index in [-0.39, 0.29) is 23.2 Å². The molecule has 0 amide bonds. The first-order valence-electron chi connectivity index (χ1n) is 13.8. The third-order valence-corrected chi connectivity index (χ3v) is 6.82. The van der Waals surface area contributed by atoms with Crippen molar-refractivity contribution in [2.24, 2.45) is 0 Å². The molecule has 8 nitrogen and oxygen atoms in total. The second-order valence-corrected chi connectivity index (χ2v) is 12.3. The zero-order valence-corrected chi connectivity index (χ0v) is 23.8. The lowest BCUT2D eigenvalue weighted by molar-refractivity contribution is -0.873. The highest BCUT2D eigenvalue weighted by Gasteiger charge is 2.37. The summed E-state index contributed by atoms with van der Waals surface area (Å²) in [4.78, 5) is 30.5. The van der Waals surface area contributed by atoms with Gasteiger partial charge < -0.3 is 24.5 Å². The third-order valence-electron chi connectivity index (χ3n) is 6.27. The Morgan fingerprint density at radius 3 is 1.54 bits per heavy atom. The zero-order valence-electron chi connectivity index (χ0n) is 22.9. The molecule has 4 N–H and O–H groups in total. The van der Waals surface area contributed by atoms with Crippen LogP contribution in [0.1, 0.15) is 116 Å². The lowest BCUT2D eigenvalue weighted by atomic mass is 9.99. The number of nitrogens with zero attached hydrogens (tertiary/aromatic N) is 1. The number of hydrogen-bond donors (Lipinski definition) is 4. The first kappa shape index (κ1) is 34.7. The van der Waals surface area contributed by atoms with Gasteiger partial charge in [0.25, 0.3) is 0 Å². The molecule has 0 aliphatic rings. The van der Waals surface area contributed by atoms with Crippen LogP contribution in [0.4, 0.5) is 0 Å². The van der Waals surface area contributed by atoms with Crippen molar-refractivity contribution in [2.45, 2.75) is 134 Å². The second-order valence-electron chi connectivity index (χ2n) is 11.1. The maximum absolute atomic E-state index is 12.2. The molecule has 210 valence electrons. The maximum atomic E-state index is 12.2. The van der Waals surface area contributed by atoms with E-state index >= 15 is 0 Å². The number of phosphoric acid groups is 1. The second kappa shape index (κ2) is 19.7. The predicted octanol–water partition coefficient (Wildman–Crippen LogP) is 5.11. The summed E-state index contributed by atoms with van der Waals surface area (Å²) in [6.45, 7) is 2.32. The van der Waals surface area contributed by atoms with Gasteiger partial charge in [-0.1, -0.05) is 96.8 Å². The quantitative estimate of drug-likeness (QED) is 0.0785. The number of quaternary nitrogens is 1. The zero-order chi connectivity index (χ0) is 26.7. The van der Waals surface area contributed by atoms with E-state index in [1.807, 2.05) is 0 Å². The van der Waals surface area contributed by atoms with Crippen molar-refractivity contribution in [3.05, 3.63) is 0 Å². The van der Waals surface area contributed by atoms with Gasteiger partial charge in [0.2, 0.25) is 0 Å². The number of aliphatic hydroxyl groups excluding tert-OH is 2. The summed E-state index contributed by atoms with van der Waals surface area (Å²) in [6.07, 6.45) is 14.5. The number of Topliss-reactive ketones (excluding diaryl/α,β-unsaturated/α-hetero) is 1. The fourth-order valence-corrected chi connectivity index (χ4v) is 4.86. The molecule has 0 radical (unpaired) electrons. The summed E-state index contributed by atoms with van der Waals surface area (Å²) in [7, 11) is 0.476. The van der Waals surface area contributed by atoms with E-state index < -0.39 is 26.1 Å². The van der Waals surface area contributed by atoms with Crippen LogP contribution in [-0.4, -0.2) is 76.3 Å². The molecular weight excluding hydrogens is 469 g/mol. The van der Waals surface area contributed by atoms with Gasteiger partial charge in [0.05, 0.1) is 27.2 Å². The lowest BCUT2D eigenvalue weighted by Gasteiger charge is -2.33. The fraction of sp³-hybridized carbons (Fsp3) is 0.962. The van der Waals surface area contributed by atoms with Crippen LogP contribution in [0.15, 0.2) is 0 Å². The smallest absolute Gasteiger partial charge is 0.390 e. The Morgan fingerprint density at radius 2 is 1.17 bits per heavy atom. The van der Waals surface area contributed by atoms with Crippen molar-refractivity contribution < 1.29 is 38.4 Å². The summed E-state index contributed by atoms with van der Waals surface area (Å²) in [6, 6.07) is 0. The van der Waals surface area contributed by atoms with Crippen LogP contribution in [0.2, 0.25) is 0 Å². The molecule has 9 heteroatoms. The number of hydrogen-bond acceptors (Lipinski definition) is 5. The number of rotatable bonds is 24. The van der Waals surface area contributed by atoms with Gasteiger partial charge in [0.15, 0.2) is 0 Å². The molecule has 0 aliphatic carbocycles. The van der Waals surface area contributed by atoms with E-state index in [4.69, 9.17) is 14.3 Å². The van der Waals surface area contributed by atoms with Crippen molar-refractivity contribution in [2.75, 3.05) is 27.7 Å². The van der Waals surface area contributed by atoms with Crippen LogP contribution in [-0.2, 0) is 13.9 Å². The highest BCUT2D eigenvalue weighted by Crippen LogP contribution is 2.39. The highest BCUT2D eigenvalue weighted by atomic mass is 31.2. The van der Waals surface area contributed by atoms with Crippen molar-refractivity contribution in [1.29, 1.82) is 0 Å². The van der Waals surface area contributed by atoms with Gasteiger partial charge in [0.1, 0.15) is 24.5 Å². The minimum Gasteiger partial charge on any atom is -0.390 e. The first-order chi connectivity index (χ1) is 16.4. The van der Waals surface area contributed by atoms with Gasteiger partial charge in [-0.25, -0.2) is 4.57 Å². The van der Waals surface area contributed by atoms with Gasteiger partial charge in [-0.15, -0.1) is 0 Å². The summed E-state index contributed by atoms with van der Waals surface area (Å²) in [5.41, 5.74) is 0. The minimum absolute atomic E-state index is 0.0660. The van der Waals surface area contributed by atoms with Crippen molar-refractivity contribution in [3.63, 3.8) is 0 Å².